The second-order valence-electron chi connectivity index (χ2n) is 12.0. The van der Waals surface area contributed by atoms with Gasteiger partial charge >= 0.3 is 10.8 Å². The first-order chi connectivity index (χ1) is 21.6. The molecule has 4 aliphatic rings. The van der Waals surface area contributed by atoms with Crippen molar-refractivity contribution in [3.8, 4) is 11.5 Å². The van der Waals surface area contributed by atoms with Crippen molar-refractivity contribution in [1.29, 1.82) is 0 Å². The molecule has 6 unspecified atom stereocenters. The van der Waals surface area contributed by atoms with E-state index in [4.69, 9.17) is 9.47 Å². The number of aromatic nitrogens is 1. The van der Waals surface area contributed by atoms with Crippen LogP contribution in [-0.4, -0.2) is 63.7 Å². The van der Waals surface area contributed by atoms with E-state index in [0.29, 0.717) is 30.2 Å². The van der Waals surface area contributed by atoms with E-state index in [1.807, 2.05) is 44.2 Å². The van der Waals surface area contributed by atoms with Crippen LogP contribution in [-0.2, 0) is 19.2 Å². The molecule has 3 fully saturated rings. The highest BCUT2D eigenvalue weighted by molar-refractivity contribution is 8.00. The van der Waals surface area contributed by atoms with E-state index in [2.05, 4.69) is 10.3 Å². The van der Waals surface area contributed by atoms with Crippen molar-refractivity contribution >= 4 is 52.5 Å². The van der Waals surface area contributed by atoms with Gasteiger partial charge in [0.05, 0.1) is 23.5 Å². The van der Waals surface area contributed by atoms with Crippen LogP contribution in [0.15, 0.2) is 52.3 Å². The fraction of sp³-hybridized carbons (Fsp3) is 0.406. The number of nitrogens with one attached hydrogen (secondary N) is 2. The van der Waals surface area contributed by atoms with E-state index in [1.54, 1.807) is 23.9 Å². The van der Waals surface area contributed by atoms with Gasteiger partial charge in [-0.1, -0.05) is 29.5 Å². The minimum atomic E-state index is -1.22. The summed E-state index contributed by atoms with van der Waals surface area (Å²) in [4.78, 5) is 68.0. The summed E-state index contributed by atoms with van der Waals surface area (Å²) in [6.45, 7) is 3.30. The molecule has 0 radical (unpaired) electrons. The third-order valence-electron chi connectivity index (χ3n) is 9.40. The van der Waals surface area contributed by atoms with Gasteiger partial charge in [0.1, 0.15) is 6.54 Å². The zero-order chi connectivity index (χ0) is 31.6. The van der Waals surface area contributed by atoms with Gasteiger partial charge < -0.3 is 24.9 Å². The number of likely N-dealkylation sites (tertiary alicyclic amines) is 1. The van der Waals surface area contributed by atoms with E-state index in [0.717, 1.165) is 37.3 Å². The number of hydrogen-bond donors (Lipinski definition) is 3. The highest BCUT2D eigenvalue weighted by Crippen LogP contribution is 2.68. The number of rotatable bonds is 9. The number of benzene rings is 2. The average molecular weight is 650 g/mol. The van der Waals surface area contributed by atoms with E-state index >= 15 is 0 Å². The van der Waals surface area contributed by atoms with Crippen LogP contribution in [0.2, 0.25) is 0 Å². The maximum Gasteiger partial charge on any atom is 0.323 e. The molecule has 3 amide bonds. The fourth-order valence-electron chi connectivity index (χ4n) is 7.91. The van der Waals surface area contributed by atoms with Gasteiger partial charge in [-0.2, -0.15) is 0 Å². The third-order valence-corrected chi connectivity index (χ3v) is 12.0. The number of ether oxygens (including phenoxy) is 2. The molecule has 3 heterocycles. The number of imide groups is 1. The van der Waals surface area contributed by atoms with Crippen molar-refractivity contribution in [1.82, 2.24) is 9.88 Å². The van der Waals surface area contributed by atoms with Crippen molar-refractivity contribution < 1.29 is 33.8 Å². The van der Waals surface area contributed by atoms with Crippen LogP contribution in [0.1, 0.15) is 35.3 Å². The van der Waals surface area contributed by atoms with Crippen molar-refractivity contribution in [2.75, 3.05) is 25.1 Å². The smallest absolute Gasteiger partial charge is 0.323 e. The molecule has 7 rings (SSSR count). The highest BCUT2D eigenvalue weighted by Gasteiger charge is 2.69. The second-order valence-corrected chi connectivity index (χ2v) is 14.2. The lowest BCUT2D eigenvalue weighted by atomic mass is 9.68. The summed E-state index contributed by atoms with van der Waals surface area (Å²) in [5, 5.41) is 12.9. The Morgan fingerprint density at radius 1 is 1.04 bits per heavy atom. The lowest BCUT2D eigenvalue weighted by Gasteiger charge is -2.43. The Labute approximate surface area is 266 Å². The number of H-pyrrole nitrogens is 1. The van der Waals surface area contributed by atoms with E-state index < -0.39 is 36.2 Å². The van der Waals surface area contributed by atoms with E-state index in [-0.39, 0.29) is 46.3 Å². The van der Waals surface area contributed by atoms with Gasteiger partial charge in [0, 0.05) is 21.7 Å². The standard InChI is InChI=1S/C32H31N3O8S2/c1-3-42-20-10-15(7-8-19(20)43-13-21(36)33-16-6-4-5-14(2)9-16)23-24-17-11-18(27(24)44-29-28(23)45-32(41)34-29)26-25(17)30(39)35(31(26)40)12-22(37)38/h4-10,17-18,23-27H,3,11-13H2,1-2H3,(H,33,36)(H,34,41)(H,37,38)/t17?,18?,23-,24?,25?,26?,27?/m1/s1. The van der Waals surface area contributed by atoms with Crippen LogP contribution in [0.4, 0.5) is 5.69 Å². The molecule has 7 atom stereocenters. The molecule has 2 aromatic carbocycles. The number of aryl methyl sites for hydroxylation is 1. The first-order valence-electron chi connectivity index (χ1n) is 14.9. The van der Waals surface area contributed by atoms with Gasteiger partial charge in [0.2, 0.25) is 11.8 Å². The summed E-state index contributed by atoms with van der Waals surface area (Å²) in [5.41, 5.74) is 2.58. The van der Waals surface area contributed by atoms with Gasteiger partial charge in [0.25, 0.3) is 5.91 Å². The minimum Gasteiger partial charge on any atom is -0.490 e. The molecule has 45 heavy (non-hydrogen) atoms. The largest absolute Gasteiger partial charge is 0.490 e. The number of nitrogens with zero attached hydrogens (tertiary/aromatic N) is 1. The Kier molecular flexibility index (Phi) is 7.47. The predicted octanol–water partition coefficient (Wildman–Crippen LogP) is 3.72. The number of thioether (sulfide) groups is 1. The fourth-order valence-corrected chi connectivity index (χ4v) is 10.8. The van der Waals surface area contributed by atoms with Crippen molar-refractivity contribution in [2.45, 2.75) is 36.5 Å². The van der Waals surface area contributed by atoms with Crippen molar-refractivity contribution in [3.63, 3.8) is 0 Å². The number of carbonyl (C=O) groups excluding carboxylic acids is 3. The molecule has 2 aliphatic heterocycles. The topological polar surface area (TPSA) is 155 Å². The Bertz CT molecular complexity index is 1790. The summed E-state index contributed by atoms with van der Waals surface area (Å²) >= 11 is 2.71. The zero-order valence-corrected chi connectivity index (χ0v) is 26.1. The number of aliphatic carboxylic acids is 1. The Balaban J connectivity index is 1.19. The molecule has 13 heteroatoms. The van der Waals surface area contributed by atoms with Gasteiger partial charge in [-0.25, -0.2) is 0 Å². The molecule has 1 aromatic heterocycles. The van der Waals surface area contributed by atoms with Crippen LogP contribution in [0.5, 0.6) is 11.5 Å². The van der Waals surface area contributed by atoms with Crippen LogP contribution in [0.3, 0.4) is 0 Å². The molecule has 2 saturated carbocycles. The number of carboxylic acid groups (broad SMARTS) is 1. The summed E-state index contributed by atoms with van der Waals surface area (Å²) in [6, 6.07) is 13.0. The van der Waals surface area contributed by atoms with Gasteiger partial charge in [-0.05, 0) is 73.4 Å². The normalized spacial score (nSPS) is 27.6. The van der Waals surface area contributed by atoms with Gasteiger partial charge in [0.15, 0.2) is 18.1 Å². The minimum absolute atomic E-state index is 0.0303. The number of fused-ring (bicyclic) bond motifs is 9. The first kappa shape index (κ1) is 29.6. The number of anilines is 1. The van der Waals surface area contributed by atoms with Crippen LogP contribution < -0.4 is 19.7 Å². The zero-order valence-electron chi connectivity index (χ0n) is 24.5. The summed E-state index contributed by atoms with van der Waals surface area (Å²) in [6.07, 6.45) is 0.696. The van der Waals surface area contributed by atoms with Crippen molar-refractivity contribution in [3.05, 3.63) is 68.1 Å². The lowest BCUT2D eigenvalue weighted by Crippen LogP contribution is -2.42. The maximum atomic E-state index is 13.4. The Morgan fingerprint density at radius 3 is 2.56 bits per heavy atom. The quantitative estimate of drug-likeness (QED) is 0.294. The third kappa shape index (κ3) is 5.02. The molecule has 3 aromatic rings. The van der Waals surface area contributed by atoms with Gasteiger partial charge in [-0.15, -0.1) is 11.8 Å². The average Bonchev–Trinajstić information content (AvgIpc) is 3.72. The summed E-state index contributed by atoms with van der Waals surface area (Å²) in [7, 11) is 0. The molecular formula is C32H31N3O8S2. The molecule has 2 aliphatic carbocycles. The molecule has 0 spiro atoms. The maximum absolute atomic E-state index is 13.4. The van der Waals surface area contributed by atoms with Crippen molar-refractivity contribution in [2.24, 2.45) is 29.6 Å². The molecule has 234 valence electrons. The predicted molar refractivity (Wildman–Crippen MR) is 166 cm³/mol. The summed E-state index contributed by atoms with van der Waals surface area (Å²) in [5.74, 6) is -3.13. The summed E-state index contributed by atoms with van der Waals surface area (Å²) < 4.78 is 11.9. The molecule has 11 nitrogen and oxygen atoms in total. The SMILES string of the molecule is CCOc1cc([C@H]2c3sc(=O)[nH]c3SC3C4CC(C5C(=O)N(CC(=O)O)C(=O)C45)C32)ccc1OCC(=O)Nc1cccc(C)c1. The van der Waals surface area contributed by atoms with Crippen LogP contribution in [0, 0.1) is 36.5 Å². The first-order valence-corrected chi connectivity index (χ1v) is 16.6. The number of aromatic amines is 1. The Morgan fingerprint density at radius 2 is 1.82 bits per heavy atom. The number of amides is 3. The number of thiazole rings is 1. The molecule has 3 N–H and O–H groups in total. The van der Waals surface area contributed by atoms with E-state index in [1.165, 1.54) is 0 Å². The van der Waals surface area contributed by atoms with Crippen LogP contribution >= 0.6 is 23.1 Å². The second kappa shape index (κ2) is 11.4. The molecule has 1 saturated heterocycles. The lowest BCUT2D eigenvalue weighted by molar-refractivity contribution is -0.149. The molecule has 2 bridgehead atoms. The van der Waals surface area contributed by atoms with E-state index in [9.17, 15) is 29.1 Å². The highest BCUT2D eigenvalue weighted by atomic mass is 32.2. The monoisotopic (exact) mass is 649 g/mol. The number of carbonyl (C=O) groups is 4. The molecular weight excluding hydrogens is 618 g/mol. The number of carboxylic acids is 1. The Hall–Kier alpha value is -4.10. The van der Waals surface area contributed by atoms with Crippen LogP contribution in [0.25, 0.3) is 0 Å². The van der Waals surface area contributed by atoms with Gasteiger partial charge in [-0.3, -0.25) is 28.9 Å². The number of hydrogen-bond acceptors (Lipinski definition) is 9.